The molecule has 12 heteroatoms. The van der Waals surface area contributed by atoms with Crippen LogP contribution in [0.2, 0.25) is 0 Å². The van der Waals surface area contributed by atoms with E-state index >= 15 is 0 Å². The monoisotopic (exact) mass is 1290 g/mol. The fraction of sp³-hybridized carbons (Fsp3) is 0.0833. The molecule has 4 nitrogen and oxygen atoms in total. The Morgan fingerprint density at radius 1 is 0.317 bits per heavy atom. The zero-order valence-electron chi connectivity index (χ0n) is 32.2. The first-order valence-electron chi connectivity index (χ1n) is 18.7. The van der Waals surface area contributed by atoms with Gasteiger partial charge in [-0.2, -0.15) is 0 Å². The number of hydrogen-bond acceptors (Lipinski definition) is 2. The molecule has 298 valence electrons. The van der Waals surface area contributed by atoms with E-state index in [-0.39, 0.29) is 0 Å². The minimum absolute atomic E-state index is 0.773. The minimum atomic E-state index is 0.773. The van der Waals surface area contributed by atoms with E-state index in [1.54, 1.807) is 0 Å². The van der Waals surface area contributed by atoms with Crippen molar-refractivity contribution in [2.75, 3.05) is 0 Å². The molecular formula is C48H30Br8N4. The van der Waals surface area contributed by atoms with Gasteiger partial charge in [-0.3, -0.25) is 0 Å². The molecule has 0 radical (unpaired) electrons. The molecule has 3 aromatic heterocycles. The Hall–Kier alpha value is -2.68. The predicted molar refractivity (Wildman–Crippen MR) is 282 cm³/mol. The van der Waals surface area contributed by atoms with Crippen LogP contribution in [0.25, 0.3) is 84.5 Å². The number of nitrogens with zero attached hydrogens (tertiary/aromatic N) is 2. The topological polar surface area (TPSA) is 57.4 Å². The highest BCUT2D eigenvalue weighted by Crippen LogP contribution is 2.53. The maximum Gasteiger partial charge on any atom is 0.0891 e. The fourth-order valence-corrected chi connectivity index (χ4v) is 11.9. The van der Waals surface area contributed by atoms with Gasteiger partial charge < -0.3 is 9.97 Å². The molecule has 2 N–H and O–H groups in total. The summed E-state index contributed by atoms with van der Waals surface area (Å²) < 4.78 is 6.75. The summed E-state index contributed by atoms with van der Waals surface area (Å²) in [7, 11) is 0. The Morgan fingerprint density at radius 3 is 0.717 bits per heavy atom. The smallest absolute Gasteiger partial charge is 0.0891 e. The van der Waals surface area contributed by atoms with Gasteiger partial charge in [-0.1, -0.05) is 97.1 Å². The molecule has 0 fully saturated rings. The summed E-state index contributed by atoms with van der Waals surface area (Å²) in [6.07, 6.45) is 0. The standard InChI is InChI=1S/C48H30Br8N4/c1-21-13-5-9-17-25(21)29-41-33(49)35(51)43(57-41)30(26-18-10-6-14-22(26)2)45-37(53)39(55)47(59-45)32(28-20-12-8-16-24(28)4)48-40(56)38(54)46(60-48)31(27-19-11-7-15-23(27)3)44-36(52)34(50)42(29)58-44/h5-20,57,60H,1-4H3. The van der Waals surface area contributed by atoms with Crippen LogP contribution in [-0.4, -0.2) is 19.9 Å². The average molecular weight is 1300 g/mol. The summed E-state index contributed by atoms with van der Waals surface area (Å²) in [6.45, 7) is 8.55. The molecule has 0 amide bonds. The molecule has 0 aliphatic carbocycles. The number of fused-ring (bicyclic) bond motifs is 8. The number of aromatic amines is 2. The summed E-state index contributed by atoms with van der Waals surface area (Å²) >= 11 is 32.7. The second-order valence-electron chi connectivity index (χ2n) is 14.6. The Labute approximate surface area is 414 Å². The van der Waals surface area contributed by atoms with Gasteiger partial charge in [0, 0.05) is 22.3 Å². The van der Waals surface area contributed by atoms with E-state index in [0.29, 0.717) is 0 Å². The van der Waals surface area contributed by atoms with Crippen LogP contribution in [0, 0.1) is 27.7 Å². The second-order valence-corrected chi connectivity index (χ2v) is 21.0. The second kappa shape index (κ2) is 16.8. The number of nitrogens with one attached hydrogen (secondary N) is 2. The van der Waals surface area contributed by atoms with Gasteiger partial charge in [0.2, 0.25) is 0 Å². The van der Waals surface area contributed by atoms with Crippen LogP contribution in [0.1, 0.15) is 45.0 Å². The van der Waals surface area contributed by atoms with E-state index in [1.165, 1.54) is 0 Å². The lowest BCUT2D eigenvalue weighted by atomic mass is 9.99. The van der Waals surface area contributed by atoms with Crippen molar-refractivity contribution in [2.24, 2.45) is 0 Å². The fourth-order valence-electron chi connectivity index (χ4n) is 8.03. The third kappa shape index (κ3) is 6.94. The lowest BCUT2D eigenvalue weighted by Crippen LogP contribution is -1.93. The van der Waals surface area contributed by atoms with Gasteiger partial charge >= 0.3 is 0 Å². The Morgan fingerprint density at radius 2 is 0.517 bits per heavy atom. The molecule has 0 unspecified atom stereocenters. The molecule has 4 aromatic carbocycles. The lowest BCUT2D eigenvalue weighted by molar-refractivity contribution is 1.29. The van der Waals surface area contributed by atoms with E-state index < -0.39 is 0 Å². The molecule has 8 bridgehead atoms. The average Bonchev–Trinajstić information content (AvgIpc) is 3.89. The molecule has 60 heavy (non-hydrogen) atoms. The van der Waals surface area contributed by atoms with Crippen LogP contribution in [0.15, 0.2) is 115 Å². The number of benzene rings is 4. The van der Waals surface area contributed by atoms with Crippen LogP contribution in [0.4, 0.5) is 0 Å². The first-order chi connectivity index (χ1) is 28.8. The van der Waals surface area contributed by atoms with E-state index in [1.807, 2.05) is 0 Å². The van der Waals surface area contributed by atoms with Crippen LogP contribution in [0.5, 0.6) is 0 Å². The summed E-state index contributed by atoms with van der Waals surface area (Å²) in [5.41, 5.74) is 18.8. The van der Waals surface area contributed by atoms with E-state index in [9.17, 15) is 0 Å². The number of rotatable bonds is 4. The zero-order chi connectivity index (χ0) is 42.3. The highest BCUT2D eigenvalue weighted by Gasteiger charge is 2.31. The van der Waals surface area contributed by atoms with E-state index in [2.05, 4.69) is 262 Å². The third-order valence-electron chi connectivity index (χ3n) is 11.0. The SMILES string of the molecule is Cc1ccccc1-c1c2nc(c(-c3ccccc3C)c3[nH]c(c(Br)c3Br)c(-c3ccccc3C)c3nc(c(-c4ccccc4C)c4[nH]c1c(Br)c4Br)C(Br)=C3Br)C(Br)=C2Br. The minimum Gasteiger partial charge on any atom is -0.352 e. The summed E-state index contributed by atoms with van der Waals surface area (Å²) in [5, 5.41) is 0. The number of halogens is 8. The predicted octanol–water partition coefficient (Wildman–Crippen LogP) is 18.5. The van der Waals surface area contributed by atoms with Crippen molar-refractivity contribution in [3.8, 4) is 44.5 Å². The summed E-state index contributed by atoms with van der Waals surface area (Å²) in [6, 6.07) is 33.7. The molecule has 0 spiro atoms. The zero-order valence-corrected chi connectivity index (χ0v) is 44.8. The number of aromatic nitrogens is 4. The van der Waals surface area contributed by atoms with Crippen molar-refractivity contribution < 1.29 is 0 Å². The lowest BCUT2D eigenvalue weighted by Gasteiger charge is -2.11. The van der Waals surface area contributed by atoms with Gasteiger partial charge in [-0.25, -0.2) is 9.97 Å². The van der Waals surface area contributed by atoms with Gasteiger partial charge in [0.05, 0.1) is 80.7 Å². The van der Waals surface area contributed by atoms with Crippen molar-refractivity contribution >= 4 is 167 Å². The van der Waals surface area contributed by atoms with Crippen molar-refractivity contribution in [1.82, 2.24) is 19.9 Å². The number of hydrogen-bond donors (Lipinski definition) is 2. The largest absolute Gasteiger partial charge is 0.352 e. The molecule has 5 heterocycles. The van der Waals surface area contributed by atoms with Crippen molar-refractivity contribution in [2.45, 2.75) is 27.7 Å². The van der Waals surface area contributed by atoms with Crippen LogP contribution >= 0.6 is 127 Å². The maximum atomic E-state index is 5.65. The number of H-pyrrole nitrogens is 2. The summed E-state index contributed by atoms with van der Waals surface area (Å²) in [4.78, 5) is 19.2. The Kier molecular flexibility index (Phi) is 11.9. The first kappa shape index (κ1) is 42.6. The molecule has 2 aliphatic rings. The van der Waals surface area contributed by atoms with Crippen molar-refractivity contribution in [3.63, 3.8) is 0 Å². The van der Waals surface area contributed by atoms with Crippen LogP contribution in [0.3, 0.4) is 0 Å². The third-order valence-corrected chi connectivity index (χ3v) is 19.4. The van der Waals surface area contributed by atoms with Gasteiger partial charge in [0.15, 0.2) is 0 Å². The Bertz CT molecular complexity index is 2820. The number of aryl methyl sites for hydroxylation is 4. The molecule has 2 aliphatic heterocycles. The highest BCUT2D eigenvalue weighted by atomic mass is 79.9. The van der Waals surface area contributed by atoms with Crippen molar-refractivity contribution in [1.29, 1.82) is 0 Å². The van der Waals surface area contributed by atoms with Gasteiger partial charge in [-0.05, 0) is 200 Å². The quantitative estimate of drug-likeness (QED) is 0.185. The molecule has 0 saturated carbocycles. The maximum absolute atomic E-state index is 5.65. The van der Waals surface area contributed by atoms with Gasteiger partial charge in [-0.15, -0.1) is 0 Å². The van der Waals surface area contributed by atoms with Crippen molar-refractivity contribution in [3.05, 3.63) is 160 Å². The van der Waals surface area contributed by atoms with Crippen LogP contribution < -0.4 is 0 Å². The molecular weight excluding hydrogens is 1270 g/mol. The first-order valence-corrected chi connectivity index (χ1v) is 25.1. The Balaban J connectivity index is 1.66. The molecule has 0 atom stereocenters. The molecule has 0 saturated heterocycles. The van der Waals surface area contributed by atoms with E-state index in [0.717, 1.165) is 147 Å². The van der Waals surface area contributed by atoms with E-state index in [4.69, 9.17) is 9.97 Å². The molecule has 7 aromatic rings. The highest BCUT2D eigenvalue weighted by molar-refractivity contribution is 9.18. The van der Waals surface area contributed by atoms with Gasteiger partial charge in [0.1, 0.15) is 0 Å². The van der Waals surface area contributed by atoms with Gasteiger partial charge in [0.25, 0.3) is 0 Å². The normalized spacial score (nSPS) is 12.9. The van der Waals surface area contributed by atoms with Crippen LogP contribution in [-0.2, 0) is 0 Å². The summed E-state index contributed by atoms with van der Waals surface area (Å²) in [5.74, 6) is 0. The molecule has 9 rings (SSSR count).